The van der Waals surface area contributed by atoms with Gasteiger partial charge in [0.05, 0.1) is 4.90 Å². The molecule has 0 aliphatic carbocycles. The van der Waals surface area contributed by atoms with Crippen LogP contribution in [0.1, 0.15) is 24.9 Å². The fourth-order valence-electron chi connectivity index (χ4n) is 2.08. The number of hydrogen-bond acceptors (Lipinski definition) is 3. The number of benzene rings is 2. The molecular weight excluding hydrogens is 302 g/mol. The molecule has 1 atom stereocenters. The fraction of sp³-hybridized carbons (Fsp3) is 0.250. The summed E-state index contributed by atoms with van der Waals surface area (Å²) in [7, 11) is -3.50. The van der Waals surface area contributed by atoms with Gasteiger partial charge in [0.1, 0.15) is 0 Å². The van der Waals surface area contributed by atoms with Crippen LogP contribution in [0.2, 0.25) is 0 Å². The van der Waals surface area contributed by atoms with E-state index in [-0.39, 0.29) is 6.04 Å². The third-order valence-electron chi connectivity index (χ3n) is 3.28. The first-order valence-corrected chi connectivity index (χ1v) is 9.49. The van der Waals surface area contributed by atoms with E-state index in [9.17, 15) is 8.42 Å². The van der Waals surface area contributed by atoms with E-state index in [0.717, 1.165) is 10.5 Å². The number of rotatable bonds is 6. The summed E-state index contributed by atoms with van der Waals surface area (Å²) in [5.74, 6) is 0. The fourth-order valence-corrected chi connectivity index (χ4v) is 3.80. The van der Waals surface area contributed by atoms with Gasteiger partial charge in [-0.2, -0.15) is 0 Å². The van der Waals surface area contributed by atoms with E-state index in [4.69, 9.17) is 0 Å². The van der Waals surface area contributed by atoms with Crippen molar-refractivity contribution in [2.24, 2.45) is 0 Å². The van der Waals surface area contributed by atoms with Crippen molar-refractivity contribution < 1.29 is 8.42 Å². The average Bonchev–Trinajstić information content (AvgIpc) is 2.53. The molecule has 0 saturated heterocycles. The molecule has 1 N–H and O–H groups in total. The van der Waals surface area contributed by atoms with Gasteiger partial charge in [-0.1, -0.05) is 37.3 Å². The molecule has 0 amide bonds. The minimum Gasteiger partial charge on any atom is -0.207 e. The van der Waals surface area contributed by atoms with Gasteiger partial charge in [0.15, 0.2) is 0 Å². The summed E-state index contributed by atoms with van der Waals surface area (Å²) in [6.07, 6.45) is 2.66. The third-order valence-corrected chi connectivity index (χ3v) is 5.51. The Labute approximate surface area is 130 Å². The first-order valence-electron chi connectivity index (χ1n) is 6.78. The van der Waals surface area contributed by atoms with E-state index in [1.54, 1.807) is 23.9 Å². The summed E-state index contributed by atoms with van der Waals surface area (Å²) in [6.45, 7) is 1.97. The minimum absolute atomic E-state index is 0.212. The molecule has 0 radical (unpaired) electrons. The van der Waals surface area contributed by atoms with Crippen LogP contribution in [0, 0.1) is 0 Å². The molecule has 0 fully saturated rings. The molecule has 21 heavy (non-hydrogen) atoms. The van der Waals surface area contributed by atoms with Gasteiger partial charge in [-0.25, -0.2) is 13.1 Å². The van der Waals surface area contributed by atoms with Crippen molar-refractivity contribution in [2.45, 2.75) is 29.2 Å². The van der Waals surface area contributed by atoms with Crippen molar-refractivity contribution in [3.63, 3.8) is 0 Å². The van der Waals surface area contributed by atoms with Gasteiger partial charge in [0, 0.05) is 10.9 Å². The van der Waals surface area contributed by atoms with Crippen LogP contribution in [0.25, 0.3) is 0 Å². The number of hydrogen-bond donors (Lipinski definition) is 1. The first-order chi connectivity index (χ1) is 10.1. The lowest BCUT2D eigenvalue weighted by Gasteiger charge is -2.17. The van der Waals surface area contributed by atoms with Crippen molar-refractivity contribution in [1.29, 1.82) is 0 Å². The van der Waals surface area contributed by atoms with Gasteiger partial charge >= 0.3 is 0 Å². The van der Waals surface area contributed by atoms with E-state index in [1.807, 2.05) is 55.6 Å². The Bertz CT molecular complexity index is 667. The molecule has 3 nitrogen and oxygen atoms in total. The summed E-state index contributed by atoms with van der Waals surface area (Å²) in [4.78, 5) is 1.35. The maximum atomic E-state index is 12.5. The average molecular weight is 321 g/mol. The molecule has 112 valence electrons. The van der Waals surface area contributed by atoms with Crippen LogP contribution in [-0.4, -0.2) is 14.7 Å². The minimum atomic E-state index is -3.50. The molecule has 5 heteroatoms. The number of thioether (sulfide) groups is 1. The normalized spacial score (nSPS) is 13.0. The lowest BCUT2D eigenvalue weighted by Crippen LogP contribution is -2.28. The smallest absolute Gasteiger partial charge is 0.207 e. The zero-order chi connectivity index (χ0) is 15.3. The largest absolute Gasteiger partial charge is 0.241 e. The van der Waals surface area contributed by atoms with Gasteiger partial charge in [-0.15, -0.1) is 11.8 Å². The van der Waals surface area contributed by atoms with Crippen LogP contribution < -0.4 is 4.72 Å². The second-order valence-corrected chi connectivity index (χ2v) is 7.26. The highest BCUT2D eigenvalue weighted by atomic mass is 32.2. The topological polar surface area (TPSA) is 46.2 Å². The van der Waals surface area contributed by atoms with Gasteiger partial charge in [-0.05, 0) is 42.5 Å². The highest BCUT2D eigenvalue weighted by Gasteiger charge is 2.19. The Balaban J connectivity index is 2.22. The maximum Gasteiger partial charge on any atom is 0.241 e. The first kappa shape index (κ1) is 16.1. The second-order valence-electron chi connectivity index (χ2n) is 4.67. The van der Waals surface area contributed by atoms with E-state index in [1.165, 1.54) is 0 Å². The highest BCUT2D eigenvalue weighted by molar-refractivity contribution is 7.98. The zero-order valence-corrected chi connectivity index (χ0v) is 13.7. The van der Waals surface area contributed by atoms with Gasteiger partial charge in [0.25, 0.3) is 0 Å². The molecule has 0 aromatic heterocycles. The van der Waals surface area contributed by atoms with Gasteiger partial charge in [-0.3, -0.25) is 0 Å². The van der Waals surface area contributed by atoms with Crippen molar-refractivity contribution in [3.8, 4) is 0 Å². The predicted octanol–water partition coefficient (Wildman–Crippen LogP) is 3.84. The Hall–Kier alpha value is -1.30. The van der Waals surface area contributed by atoms with Crippen LogP contribution in [-0.2, 0) is 10.0 Å². The predicted molar refractivity (Wildman–Crippen MR) is 88.0 cm³/mol. The Morgan fingerprint density at radius 3 is 2.19 bits per heavy atom. The molecule has 0 aliphatic heterocycles. The lowest BCUT2D eigenvalue weighted by atomic mass is 10.1. The van der Waals surface area contributed by atoms with Crippen LogP contribution in [0.3, 0.4) is 0 Å². The van der Waals surface area contributed by atoms with Crippen LogP contribution >= 0.6 is 11.8 Å². The Morgan fingerprint density at radius 1 is 1.05 bits per heavy atom. The van der Waals surface area contributed by atoms with Crippen molar-refractivity contribution >= 4 is 21.8 Å². The van der Waals surface area contributed by atoms with E-state index in [2.05, 4.69) is 4.72 Å². The summed E-state index contributed by atoms with van der Waals surface area (Å²) in [5.41, 5.74) is 0.976. The SMILES string of the molecule is CC[C@H](NS(=O)(=O)c1ccc(SC)cc1)c1ccccc1. The van der Waals surface area contributed by atoms with Crippen molar-refractivity contribution in [1.82, 2.24) is 4.72 Å². The Morgan fingerprint density at radius 2 is 1.67 bits per heavy atom. The molecule has 0 bridgehead atoms. The van der Waals surface area contributed by atoms with E-state index < -0.39 is 10.0 Å². The summed E-state index contributed by atoms with van der Waals surface area (Å²) < 4.78 is 27.7. The van der Waals surface area contributed by atoms with Crippen molar-refractivity contribution in [2.75, 3.05) is 6.26 Å². The third kappa shape index (κ3) is 4.09. The molecule has 2 aromatic carbocycles. The zero-order valence-electron chi connectivity index (χ0n) is 12.1. The monoisotopic (exact) mass is 321 g/mol. The molecule has 2 aromatic rings. The molecule has 0 unspecified atom stereocenters. The van der Waals surface area contributed by atoms with E-state index >= 15 is 0 Å². The molecular formula is C16H19NO2S2. The van der Waals surface area contributed by atoms with E-state index in [0.29, 0.717) is 11.3 Å². The van der Waals surface area contributed by atoms with Crippen LogP contribution in [0.5, 0.6) is 0 Å². The lowest BCUT2D eigenvalue weighted by molar-refractivity contribution is 0.550. The highest BCUT2D eigenvalue weighted by Crippen LogP contribution is 2.22. The summed E-state index contributed by atoms with van der Waals surface area (Å²) in [6, 6.07) is 16.4. The molecule has 0 saturated carbocycles. The number of nitrogens with one attached hydrogen (secondary N) is 1. The van der Waals surface area contributed by atoms with Crippen LogP contribution in [0.15, 0.2) is 64.4 Å². The van der Waals surface area contributed by atoms with Gasteiger partial charge < -0.3 is 0 Å². The Kier molecular flexibility index (Phi) is 5.45. The summed E-state index contributed by atoms with van der Waals surface area (Å²) in [5, 5.41) is 0. The molecule has 0 heterocycles. The quantitative estimate of drug-likeness (QED) is 0.822. The van der Waals surface area contributed by atoms with Crippen LogP contribution in [0.4, 0.5) is 0 Å². The number of sulfonamides is 1. The van der Waals surface area contributed by atoms with Gasteiger partial charge in [0.2, 0.25) is 10.0 Å². The maximum absolute atomic E-state index is 12.5. The standard InChI is InChI=1S/C16H19NO2S2/c1-3-16(13-7-5-4-6-8-13)17-21(18,19)15-11-9-14(20-2)10-12-15/h4-12,16-17H,3H2,1-2H3/t16-/m0/s1. The molecule has 0 aliphatic rings. The molecule has 0 spiro atoms. The molecule has 2 rings (SSSR count). The second kappa shape index (κ2) is 7.11. The summed E-state index contributed by atoms with van der Waals surface area (Å²) >= 11 is 1.59. The van der Waals surface area contributed by atoms with Crippen molar-refractivity contribution in [3.05, 3.63) is 60.2 Å².